The Morgan fingerprint density at radius 1 is 1.33 bits per heavy atom. The Morgan fingerprint density at radius 2 is 1.95 bits per heavy atom. The lowest BCUT2D eigenvalue weighted by atomic mass is 10.3. The van der Waals surface area contributed by atoms with Crippen molar-refractivity contribution in [2.24, 2.45) is 10.1 Å². The smallest absolute Gasteiger partial charge is 0.292 e. The van der Waals surface area contributed by atoms with E-state index in [0.717, 1.165) is 12.1 Å². The zero-order valence-corrected chi connectivity index (χ0v) is 11.8. The fraction of sp³-hybridized carbons (Fsp3) is 0.364. The summed E-state index contributed by atoms with van der Waals surface area (Å²) in [6.45, 7) is 1.67. The molecule has 2 N–H and O–H groups in total. The van der Waals surface area contributed by atoms with Crippen molar-refractivity contribution >= 4 is 21.7 Å². The molecule has 0 aliphatic carbocycles. The molecule has 1 aliphatic rings. The van der Waals surface area contributed by atoms with Gasteiger partial charge in [0.25, 0.3) is 15.7 Å². The van der Waals surface area contributed by atoms with Crippen LogP contribution < -0.4 is 5.73 Å². The lowest BCUT2D eigenvalue weighted by Crippen LogP contribution is -2.45. The first-order valence-corrected chi connectivity index (χ1v) is 7.52. The van der Waals surface area contributed by atoms with Crippen LogP contribution in [0, 0.1) is 10.1 Å². The minimum absolute atomic E-state index is 0.198. The third kappa shape index (κ3) is 3.47. The quantitative estimate of drug-likeness (QED) is 0.358. The second-order valence-electron chi connectivity index (χ2n) is 4.25. The second-order valence-corrected chi connectivity index (χ2v) is 5.82. The highest BCUT2D eigenvalue weighted by Gasteiger charge is 2.26. The Hall–Kier alpha value is -2.20. The van der Waals surface area contributed by atoms with Gasteiger partial charge < -0.3 is 15.4 Å². The molecule has 2 rings (SSSR count). The van der Waals surface area contributed by atoms with Crippen molar-refractivity contribution in [1.29, 1.82) is 0 Å². The number of ether oxygens (including phenoxy) is 1. The van der Waals surface area contributed by atoms with Crippen molar-refractivity contribution in [2.75, 3.05) is 26.3 Å². The molecule has 114 valence electrons. The third-order valence-corrected chi connectivity index (χ3v) is 4.22. The Kier molecular flexibility index (Phi) is 4.38. The van der Waals surface area contributed by atoms with Gasteiger partial charge in [-0.3, -0.25) is 10.1 Å². The van der Waals surface area contributed by atoms with Crippen LogP contribution in [-0.4, -0.2) is 50.5 Å². The van der Waals surface area contributed by atoms with Crippen molar-refractivity contribution in [3.63, 3.8) is 0 Å². The molecule has 10 heteroatoms. The summed E-state index contributed by atoms with van der Waals surface area (Å²) in [6.07, 6.45) is 0. The van der Waals surface area contributed by atoms with Gasteiger partial charge in [-0.25, -0.2) is 0 Å². The molecule has 0 aromatic heterocycles. The normalized spacial score (nSPS) is 16.8. The van der Waals surface area contributed by atoms with Gasteiger partial charge in [0.05, 0.1) is 18.1 Å². The molecule has 0 amide bonds. The van der Waals surface area contributed by atoms with Gasteiger partial charge in [-0.15, -0.1) is 4.40 Å². The number of guanidine groups is 1. The zero-order valence-electron chi connectivity index (χ0n) is 11.0. The SMILES string of the molecule is NC(=NS(=O)(=O)c1ccccc1[N+](=O)[O-])N1CCOCC1. The van der Waals surface area contributed by atoms with Gasteiger partial charge in [-0.05, 0) is 6.07 Å². The first kappa shape index (κ1) is 15.2. The lowest BCUT2D eigenvalue weighted by molar-refractivity contribution is -0.387. The number of nitrogens with zero attached hydrogens (tertiary/aromatic N) is 3. The van der Waals surface area contributed by atoms with Crippen LogP contribution in [0.25, 0.3) is 0 Å². The Labute approximate surface area is 121 Å². The van der Waals surface area contributed by atoms with Crippen molar-refractivity contribution in [3.05, 3.63) is 34.4 Å². The number of rotatable bonds is 3. The number of hydrogen-bond donors (Lipinski definition) is 1. The fourth-order valence-corrected chi connectivity index (χ4v) is 2.97. The number of morpholine rings is 1. The lowest BCUT2D eigenvalue weighted by Gasteiger charge is -2.27. The van der Waals surface area contributed by atoms with Crippen LogP contribution in [0.3, 0.4) is 0 Å². The number of hydrogen-bond acceptors (Lipinski definition) is 5. The molecule has 9 nitrogen and oxygen atoms in total. The molecular formula is C11H14N4O5S. The topological polar surface area (TPSA) is 128 Å². The van der Waals surface area contributed by atoms with E-state index < -0.39 is 25.5 Å². The molecular weight excluding hydrogens is 300 g/mol. The van der Waals surface area contributed by atoms with Crippen molar-refractivity contribution in [3.8, 4) is 0 Å². The molecule has 1 aliphatic heterocycles. The summed E-state index contributed by atoms with van der Waals surface area (Å²) in [7, 11) is -4.25. The van der Waals surface area contributed by atoms with E-state index >= 15 is 0 Å². The summed E-state index contributed by atoms with van der Waals surface area (Å²) in [6, 6.07) is 5.00. The second kappa shape index (κ2) is 6.06. The summed E-state index contributed by atoms with van der Waals surface area (Å²) < 4.78 is 33.0. The van der Waals surface area contributed by atoms with E-state index in [-0.39, 0.29) is 5.96 Å². The highest BCUT2D eigenvalue weighted by molar-refractivity contribution is 7.90. The van der Waals surface area contributed by atoms with E-state index in [4.69, 9.17) is 10.5 Å². The van der Waals surface area contributed by atoms with E-state index in [2.05, 4.69) is 4.40 Å². The summed E-state index contributed by atoms with van der Waals surface area (Å²) in [5, 5.41) is 10.9. The minimum atomic E-state index is -4.25. The summed E-state index contributed by atoms with van der Waals surface area (Å²) >= 11 is 0. The number of benzene rings is 1. The van der Waals surface area contributed by atoms with Gasteiger partial charge in [-0.1, -0.05) is 12.1 Å². The molecule has 0 bridgehead atoms. The van der Waals surface area contributed by atoms with Crippen LogP contribution in [0.15, 0.2) is 33.6 Å². The van der Waals surface area contributed by atoms with E-state index in [0.29, 0.717) is 26.3 Å². The molecule has 1 fully saturated rings. The Balaban J connectivity index is 2.36. The molecule has 0 spiro atoms. The number of nitro groups is 1. The monoisotopic (exact) mass is 314 g/mol. The summed E-state index contributed by atoms with van der Waals surface area (Å²) in [5.74, 6) is -0.198. The molecule has 1 aromatic rings. The Bertz CT molecular complexity index is 667. The summed E-state index contributed by atoms with van der Waals surface area (Å²) in [5.41, 5.74) is 5.14. The van der Waals surface area contributed by atoms with Gasteiger partial charge in [0, 0.05) is 19.2 Å². The van der Waals surface area contributed by atoms with Gasteiger partial charge >= 0.3 is 0 Å². The van der Waals surface area contributed by atoms with E-state index in [1.54, 1.807) is 4.90 Å². The van der Waals surface area contributed by atoms with Crippen LogP contribution >= 0.6 is 0 Å². The van der Waals surface area contributed by atoms with Gasteiger partial charge in [0.15, 0.2) is 4.90 Å². The molecule has 0 unspecified atom stereocenters. The van der Waals surface area contributed by atoms with E-state index in [1.165, 1.54) is 12.1 Å². The van der Waals surface area contributed by atoms with Crippen molar-refractivity contribution in [2.45, 2.75) is 4.90 Å². The number of sulfonamides is 1. The standard InChI is InChI=1S/C11H14N4O5S/c12-11(14-5-7-20-8-6-14)13-21(18,19)10-4-2-1-3-9(10)15(16)17/h1-4H,5-8H2,(H2,12,13). The average molecular weight is 314 g/mol. The fourth-order valence-electron chi connectivity index (χ4n) is 1.85. The van der Waals surface area contributed by atoms with E-state index in [9.17, 15) is 18.5 Å². The third-order valence-electron chi connectivity index (χ3n) is 2.89. The largest absolute Gasteiger partial charge is 0.378 e. The number of nitro benzene ring substituents is 1. The Morgan fingerprint density at radius 3 is 2.57 bits per heavy atom. The maximum atomic E-state index is 12.2. The van der Waals surface area contributed by atoms with Crippen LogP contribution in [0.2, 0.25) is 0 Å². The van der Waals surface area contributed by atoms with Crippen molar-refractivity contribution in [1.82, 2.24) is 4.90 Å². The van der Waals surface area contributed by atoms with Crippen LogP contribution in [0.1, 0.15) is 0 Å². The molecule has 1 aromatic carbocycles. The predicted octanol–water partition coefficient (Wildman–Crippen LogP) is -0.0696. The highest BCUT2D eigenvalue weighted by Crippen LogP contribution is 2.24. The number of para-hydroxylation sites is 1. The molecule has 1 heterocycles. The maximum Gasteiger partial charge on any atom is 0.292 e. The maximum absolute atomic E-state index is 12.2. The van der Waals surface area contributed by atoms with Crippen LogP contribution in [0.4, 0.5) is 5.69 Å². The molecule has 0 saturated carbocycles. The predicted molar refractivity (Wildman–Crippen MR) is 74.3 cm³/mol. The zero-order chi connectivity index (χ0) is 15.5. The van der Waals surface area contributed by atoms with E-state index in [1.807, 2.05) is 0 Å². The van der Waals surface area contributed by atoms with Crippen LogP contribution in [0.5, 0.6) is 0 Å². The first-order valence-electron chi connectivity index (χ1n) is 6.08. The molecule has 21 heavy (non-hydrogen) atoms. The first-order chi connectivity index (χ1) is 9.92. The van der Waals surface area contributed by atoms with Crippen LogP contribution in [-0.2, 0) is 14.8 Å². The minimum Gasteiger partial charge on any atom is -0.378 e. The van der Waals surface area contributed by atoms with Gasteiger partial charge in [0.1, 0.15) is 0 Å². The molecule has 1 saturated heterocycles. The summed E-state index contributed by atoms with van der Waals surface area (Å²) in [4.78, 5) is 11.2. The average Bonchev–Trinajstić information content (AvgIpc) is 2.47. The van der Waals surface area contributed by atoms with Gasteiger partial charge in [0.2, 0.25) is 5.96 Å². The number of nitrogens with two attached hydrogens (primary N) is 1. The van der Waals surface area contributed by atoms with Gasteiger partial charge in [-0.2, -0.15) is 8.42 Å². The molecule has 0 radical (unpaired) electrons. The molecule has 0 atom stereocenters. The van der Waals surface area contributed by atoms with Crippen molar-refractivity contribution < 1.29 is 18.1 Å². The highest BCUT2D eigenvalue weighted by atomic mass is 32.2.